The predicted molar refractivity (Wildman–Crippen MR) is 130 cm³/mol. The van der Waals surface area contributed by atoms with Crippen LogP contribution in [0.25, 0.3) is 0 Å². The minimum absolute atomic E-state index is 0. The van der Waals surface area contributed by atoms with Gasteiger partial charge in [0.05, 0.1) is 0 Å². The molecule has 0 aliphatic carbocycles. The molecular weight excluding hydrogens is 812 g/mol. The third-order valence-corrected chi connectivity index (χ3v) is 8.85. The van der Waals surface area contributed by atoms with Crippen LogP contribution in [0.2, 0.25) is 0 Å². The summed E-state index contributed by atoms with van der Waals surface area (Å²) in [5.41, 5.74) is 0. The van der Waals surface area contributed by atoms with E-state index in [-0.39, 0.29) is 23.9 Å². The van der Waals surface area contributed by atoms with Crippen molar-refractivity contribution in [1.82, 2.24) is 13.7 Å². The summed E-state index contributed by atoms with van der Waals surface area (Å²) in [6, 6.07) is 0. The number of hydrogen-bond acceptors (Lipinski definition) is 3. The van der Waals surface area contributed by atoms with Crippen LogP contribution in [0.1, 0.15) is 0 Å². The van der Waals surface area contributed by atoms with Crippen molar-refractivity contribution in [2.75, 3.05) is 71.2 Å². The molecule has 4 radical (unpaired) electrons. The van der Waals surface area contributed by atoms with E-state index in [1.54, 1.807) is 0 Å². The summed E-state index contributed by atoms with van der Waals surface area (Å²) < 4.78 is 8.08. The van der Waals surface area contributed by atoms with E-state index in [4.69, 9.17) is 0 Å². The molecule has 0 spiro atoms. The van der Waals surface area contributed by atoms with Crippen molar-refractivity contribution >= 4 is 129 Å². The van der Waals surface area contributed by atoms with E-state index in [2.05, 4.69) is 109 Å². The smallest absolute Gasteiger partial charge is 0.272 e. The van der Waals surface area contributed by atoms with Gasteiger partial charge >= 0.3 is 0 Å². The van der Waals surface area contributed by atoms with Crippen molar-refractivity contribution in [2.45, 2.75) is 0 Å². The van der Waals surface area contributed by atoms with E-state index < -0.39 is 9.28 Å². The van der Waals surface area contributed by atoms with Gasteiger partial charge in [0, 0.05) is 95.2 Å². The fraction of sp³-hybridized carbons (Fsp3) is 1.00. The maximum absolute atomic E-state index is 3.63. The molecule has 0 aromatic heterocycles. The molecule has 0 aromatic carbocycles. The van der Waals surface area contributed by atoms with Gasteiger partial charge in [-0.1, -0.05) is 95.6 Å². The Morgan fingerprint density at radius 3 is 0.739 bits per heavy atom. The zero-order valence-electron chi connectivity index (χ0n) is 13.2. The van der Waals surface area contributed by atoms with Crippen LogP contribution in [-0.4, -0.2) is 118 Å². The van der Waals surface area contributed by atoms with E-state index in [1.165, 1.54) is 0 Å². The molecule has 23 heavy (non-hydrogen) atoms. The van der Waals surface area contributed by atoms with Crippen LogP contribution in [0.5, 0.6) is 0 Å². The molecule has 11 heteroatoms. The number of halogens is 6. The second kappa shape index (κ2) is 20.5. The molecule has 0 fully saturated rings. The van der Waals surface area contributed by atoms with Gasteiger partial charge in [0.2, 0.25) is 0 Å². The molecule has 0 N–H and O–H groups in total. The molecule has 0 saturated heterocycles. The molecule has 3 nitrogen and oxygen atoms in total. The minimum Gasteiger partial charge on any atom is -0.300 e. The van der Waals surface area contributed by atoms with Crippen LogP contribution >= 0.6 is 95.6 Å². The Hall–Kier alpha value is 3.78. The quantitative estimate of drug-likeness (QED) is 0.185. The van der Waals surface area contributed by atoms with Crippen molar-refractivity contribution in [3.63, 3.8) is 0 Å². The van der Waals surface area contributed by atoms with Crippen LogP contribution < -0.4 is 0 Å². The zero-order chi connectivity index (χ0) is 16.8. The average Bonchev–Trinajstić information content (AvgIpc) is 2.49. The Morgan fingerprint density at radius 2 is 0.609 bits per heavy atom. The minimum atomic E-state index is -1.36. The first-order chi connectivity index (χ1) is 10.7. The number of hydrogen-bond donors (Lipinski definition) is 0. The van der Waals surface area contributed by atoms with Crippen molar-refractivity contribution in [2.24, 2.45) is 0 Å². The molecule has 0 amide bonds. The molecule has 0 aliphatic rings. The molecule has 0 heterocycles. The molecule has 0 aliphatic heterocycles. The molecule has 138 valence electrons. The van der Waals surface area contributed by atoms with Gasteiger partial charge in [-0.2, -0.15) is 0 Å². The summed E-state index contributed by atoms with van der Waals surface area (Å²) in [7, 11) is -1.36. The van der Waals surface area contributed by atoms with Gasteiger partial charge in [-0.25, -0.2) is 0 Å². The van der Waals surface area contributed by atoms with Gasteiger partial charge in [-0.3, -0.25) is 0 Å². The summed E-state index contributed by atoms with van der Waals surface area (Å²) in [6.45, 7) is 6.61. The Kier molecular flexibility index (Phi) is 25.8. The molecule has 0 atom stereocenters. The average molecular weight is 838 g/mol. The van der Waals surface area contributed by atoms with Crippen LogP contribution in [0, 0.1) is 0 Å². The van der Waals surface area contributed by atoms with Crippen LogP contribution in [-0.2, 0) is 0 Å². The first kappa shape index (κ1) is 29.0. The van der Waals surface area contributed by atoms with E-state index in [9.17, 15) is 0 Å². The number of nitrogens with zero attached hydrogens (tertiary/aromatic N) is 3. The van der Waals surface area contributed by atoms with Gasteiger partial charge in [-0.15, -0.1) is 0 Å². The van der Waals surface area contributed by atoms with Crippen LogP contribution in [0.15, 0.2) is 0 Å². The van der Waals surface area contributed by atoms with Crippen molar-refractivity contribution in [3.8, 4) is 0 Å². The molecular formula is C12H25Br6N3SiSn. The van der Waals surface area contributed by atoms with Crippen molar-refractivity contribution in [3.05, 3.63) is 0 Å². The van der Waals surface area contributed by atoms with E-state index in [1.807, 2.05) is 0 Å². The second-order valence-electron chi connectivity index (χ2n) is 4.59. The largest absolute Gasteiger partial charge is 0.300 e. The first-order valence-electron chi connectivity index (χ1n) is 7.28. The SMILES string of the molecule is BrCCN(CCBr)[SiH](N(CCBr)CCBr)N(CCBr)CCBr.[Sn]. The standard InChI is InChI=1S/C12H25Br6N3Si.Sn/c13-1-7-19(8-2-14)22(20(9-3-15)10-4-16)21(11-5-17)12-6-18;/h22H,1-12H2;. The fourth-order valence-corrected chi connectivity index (χ4v) is 10.9. The normalized spacial score (nSPS) is 11.7. The third-order valence-electron chi connectivity index (χ3n) is 3.21. The Morgan fingerprint density at radius 1 is 0.435 bits per heavy atom. The Bertz CT molecular complexity index is 205. The maximum Gasteiger partial charge on any atom is 0.272 e. The molecule has 0 bridgehead atoms. The van der Waals surface area contributed by atoms with Gasteiger partial charge in [0.15, 0.2) is 0 Å². The van der Waals surface area contributed by atoms with E-state index >= 15 is 0 Å². The second-order valence-corrected chi connectivity index (χ2v) is 12.2. The number of rotatable bonds is 15. The van der Waals surface area contributed by atoms with E-state index in [0.29, 0.717) is 0 Å². The Labute approximate surface area is 211 Å². The van der Waals surface area contributed by atoms with Crippen molar-refractivity contribution < 1.29 is 0 Å². The predicted octanol–water partition coefficient (Wildman–Crippen LogP) is 3.60. The van der Waals surface area contributed by atoms with Gasteiger partial charge in [0.25, 0.3) is 9.28 Å². The fourth-order valence-electron chi connectivity index (χ4n) is 2.37. The van der Waals surface area contributed by atoms with Gasteiger partial charge in [0.1, 0.15) is 0 Å². The van der Waals surface area contributed by atoms with E-state index in [0.717, 1.165) is 71.2 Å². The van der Waals surface area contributed by atoms with Gasteiger partial charge < -0.3 is 13.7 Å². The molecule has 0 saturated carbocycles. The summed E-state index contributed by atoms with van der Waals surface area (Å²) >= 11 is 21.8. The zero-order valence-corrected chi connectivity index (χ0v) is 26.7. The summed E-state index contributed by atoms with van der Waals surface area (Å²) in [4.78, 5) is 0. The topological polar surface area (TPSA) is 9.72 Å². The maximum atomic E-state index is 3.63. The summed E-state index contributed by atoms with van der Waals surface area (Å²) in [5, 5.41) is 6.15. The first-order valence-corrected chi connectivity index (χ1v) is 15.6. The monoisotopic (exact) mass is 833 g/mol. The summed E-state index contributed by atoms with van der Waals surface area (Å²) in [5.74, 6) is 0. The van der Waals surface area contributed by atoms with Crippen LogP contribution in [0.4, 0.5) is 0 Å². The summed E-state index contributed by atoms with van der Waals surface area (Å²) in [6.07, 6.45) is 0. The third kappa shape index (κ3) is 12.8. The van der Waals surface area contributed by atoms with Gasteiger partial charge in [-0.05, 0) is 0 Å². The van der Waals surface area contributed by atoms with Crippen LogP contribution in [0.3, 0.4) is 0 Å². The van der Waals surface area contributed by atoms with Crippen molar-refractivity contribution in [1.29, 1.82) is 0 Å². The molecule has 0 unspecified atom stereocenters. The Balaban J connectivity index is 0. The number of alkyl halides is 6. The molecule has 0 aromatic rings. The molecule has 0 rings (SSSR count).